The van der Waals surface area contributed by atoms with Crippen LogP contribution in [0.25, 0.3) is 11.0 Å². The molecule has 5 heteroatoms. The number of fused-ring (bicyclic) bond motifs is 1. The molecule has 0 saturated heterocycles. The normalized spacial score (nSPS) is 10.7. The minimum Gasteiger partial charge on any atom is -0.354 e. The minimum absolute atomic E-state index is 0.180. The zero-order valence-electron chi connectivity index (χ0n) is 11.6. The van der Waals surface area contributed by atoms with E-state index in [2.05, 4.69) is 19.9 Å². The Kier molecular flexibility index (Phi) is 3.91. The van der Waals surface area contributed by atoms with Crippen LogP contribution in [0.4, 0.5) is 0 Å². The second kappa shape index (κ2) is 6.17. The maximum atomic E-state index is 12.0. The van der Waals surface area contributed by atoms with Gasteiger partial charge < -0.3 is 9.88 Å². The summed E-state index contributed by atoms with van der Waals surface area (Å²) >= 11 is 0. The number of nitrogens with one attached hydrogen (secondary N) is 1. The summed E-state index contributed by atoms with van der Waals surface area (Å²) in [5.74, 6) is -0.180. The summed E-state index contributed by atoms with van der Waals surface area (Å²) in [6.07, 6.45) is 6.41. The minimum atomic E-state index is -0.180. The first kappa shape index (κ1) is 13.3. The van der Waals surface area contributed by atoms with Gasteiger partial charge in [-0.25, -0.2) is 4.98 Å². The van der Waals surface area contributed by atoms with Crippen LogP contribution in [0.1, 0.15) is 16.9 Å². The van der Waals surface area contributed by atoms with Crippen molar-refractivity contribution in [3.63, 3.8) is 0 Å². The van der Waals surface area contributed by atoms with Gasteiger partial charge in [0.25, 0.3) is 5.91 Å². The van der Waals surface area contributed by atoms with Crippen molar-refractivity contribution in [2.24, 2.45) is 0 Å². The second-order valence-electron chi connectivity index (χ2n) is 4.77. The number of nitrogens with zero attached hydrogens (tertiary/aromatic N) is 3. The molecule has 0 unspecified atom stereocenters. The van der Waals surface area contributed by atoms with Crippen molar-refractivity contribution >= 4 is 16.9 Å². The lowest BCUT2D eigenvalue weighted by Gasteiger charge is -2.06. The van der Waals surface area contributed by atoms with Crippen molar-refractivity contribution in [1.29, 1.82) is 0 Å². The SMILES string of the molecule is O=C(NCCCn1cccc1)c1cnc2ccccc2n1. The van der Waals surface area contributed by atoms with E-state index in [1.54, 1.807) is 0 Å². The van der Waals surface area contributed by atoms with Crippen LogP contribution in [0.15, 0.2) is 55.0 Å². The average Bonchev–Trinajstić information content (AvgIpc) is 3.04. The molecule has 0 aliphatic heterocycles. The molecule has 0 atom stereocenters. The predicted octanol–water partition coefficient (Wildman–Crippen LogP) is 2.25. The first-order valence-electron chi connectivity index (χ1n) is 6.94. The van der Waals surface area contributed by atoms with Gasteiger partial charge in [0, 0.05) is 25.5 Å². The molecule has 0 spiro atoms. The number of hydrogen-bond donors (Lipinski definition) is 1. The number of benzene rings is 1. The summed E-state index contributed by atoms with van der Waals surface area (Å²) in [6, 6.07) is 11.5. The van der Waals surface area contributed by atoms with Crippen molar-refractivity contribution in [2.45, 2.75) is 13.0 Å². The molecule has 106 valence electrons. The van der Waals surface area contributed by atoms with Crippen LogP contribution >= 0.6 is 0 Å². The lowest BCUT2D eigenvalue weighted by atomic mass is 10.3. The highest BCUT2D eigenvalue weighted by atomic mass is 16.1. The highest BCUT2D eigenvalue weighted by molar-refractivity contribution is 5.93. The zero-order valence-corrected chi connectivity index (χ0v) is 11.6. The van der Waals surface area contributed by atoms with Crippen LogP contribution < -0.4 is 5.32 Å². The first-order valence-corrected chi connectivity index (χ1v) is 6.94. The van der Waals surface area contributed by atoms with Crippen LogP contribution in [-0.4, -0.2) is 27.0 Å². The maximum Gasteiger partial charge on any atom is 0.271 e. The van der Waals surface area contributed by atoms with Crippen LogP contribution in [0.2, 0.25) is 0 Å². The Morgan fingerprint density at radius 1 is 1.10 bits per heavy atom. The Balaban J connectivity index is 1.56. The second-order valence-corrected chi connectivity index (χ2v) is 4.77. The van der Waals surface area contributed by atoms with E-state index >= 15 is 0 Å². The Labute approximate surface area is 122 Å². The molecular formula is C16H16N4O. The van der Waals surface area contributed by atoms with E-state index in [0.717, 1.165) is 24.0 Å². The molecule has 1 aromatic carbocycles. The van der Waals surface area contributed by atoms with Gasteiger partial charge in [-0.15, -0.1) is 0 Å². The van der Waals surface area contributed by atoms with E-state index in [9.17, 15) is 4.79 Å². The number of para-hydroxylation sites is 2. The molecule has 0 bridgehead atoms. The molecule has 2 heterocycles. The number of rotatable bonds is 5. The lowest BCUT2D eigenvalue weighted by molar-refractivity contribution is 0.0948. The van der Waals surface area contributed by atoms with Crippen LogP contribution in [0.3, 0.4) is 0 Å². The molecule has 0 fully saturated rings. The van der Waals surface area contributed by atoms with Crippen LogP contribution in [0, 0.1) is 0 Å². The predicted molar refractivity (Wildman–Crippen MR) is 80.9 cm³/mol. The third-order valence-corrected chi connectivity index (χ3v) is 3.23. The van der Waals surface area contributed by atoms with Crippen LogP contribution in [-0.2, 0) is 6.54 Å². The van der Waals surface area contributed by atoms with Crippen LogP contribution in [0.5, 0.6) is 0 Å². The Bertz CT molecular complexity index is 737. The van der Waals surface area contributed by atoms with E-state index in [0.29, 0.717) is 12.2 Å². The molecule has 0 aliphatic rings. The molecule has 3 rings (SSSR count). The summed E-state index contributed by atoms with van der Waals surface area (Å²) in [4.78, 5) is 20.6. The quantitative estimate of drug-likeness (QED) is 0.729. The highest BCUT2D eigenvalue weighted by Gasteiger charge is 2.08. The number of aryl methyl sites for hydroxylation is 1. The summed E-state index contributed by atoms with van der Waals surface area (Å²) in [5.41, 5.74) is 1.88. The third-order valence-electron chi connectivity index (χ3n) is 3.23. The van der Waals surface area contributed by atoms with Crippen molar-refractivity contribution in [3.05, 3.63) is 60.7 Å². The molecular weight excluding hydrogens is 264 g/mol. The molecule has 3 aromatic rings. The Morgan fingerprint density at radius 2 is 1.86 bits per heavy atom. The van der Waals surface area contributed by atoms with E-state index in [4.69, 9.17) is 0 Å². The fourth-order valence-corrected chi connectivity index (χ4v) is 2.14. The molecule has 21 heavy (non-hydrogen) atoms. The fourth-order valence-electron chi connectivity index (χ4n) is 2.14. The average molecular weight is 280 g/mol. The van der Waals surface area contributed by atoms with Gasteiger partial charge in [0.15, 0.2) is 0 Å². The molecule has 0 aliphatic carbocycles. The molecule has 0 saturated carbocycles. The standard InChI is InChI=1S/C16H16N4O/c21-16(17-8-5-11-20-9-3-4-10-20)15-12-18-13-6-1-2-7-14(13)19-15/h1-4,6-7,9-10,12H,5,8,11H2,(H,17,21). The molecule has 2 aromatic heterocycles. The highest BCUT2D eigenvalue weighted by Crippen LogP contribution is 2.08. The van der Waals surface area contributed by atoms with E-state index in [1.165, 1.54) is 6.20 Å². The number of carbonyl (C=O) groups excluding carboxylic acids is 1. The summed E-state index contributed by atoms with van der Waals surface area (Å²) in [7, 11) is 0. The van der Waals surface area contributed by atoms with Gasteiger partial charge in [-0.05, 0) is 30.7 Å². The van der Waals surface area contributed by atoms with Gasteiger partial charge in [-0.1, -0.05) is 12.1 Å². The smallest absolute Gasteiger partial charge is 0.271 e. The largest absolute Gasteiger partial charge is 0.354 e. The lowest BCUT2D eigenvalue weighted by Crippen LogP contribution is -2.26. The van der Waals surface area contributed by atoms with Gasteiger partial charge in [0.1, 0.15) is 5.69 Å². The Morgan fingerprint density at radius 3 is 2.67 bits per heavy atom. The number of aromatic nitrogens is 3. The summed E-state index contributed by atoms with van der Waals surface area (Å²) in [6.45, 7) is 1.50. The van der Waals surface area contributed by atoms with Crippen molar-refractivity contribution < 1.29 is 4.79 Å². The molecule has 1 amide bonds. The third kappa shape index (κ3) is 3.25. The number of hydrogen-bond acceptors (Lipinski definition) is 3. The van der Waals surface area contributed by atoms with Crippen molar-refractivity contribution in [2.75, 3.05) is 6.54 Å². The van der Waals surface area contributed by atoms with Crippen molar-refractivity contribution in [1.82, 2.24) is 19.9 Å². The topological polar surface area (TPSA) is 59.8 Å². The maximum absolute atomic E-state index is 12.0. The molecule has 1 N–H and O–H groups in total. The fraction of sp³-hybridized carbons (Fsp3) is 0.188. The monoisotopic (exact) mass is 280 g/mol. The van der Waals surface area contributed by atoms with Gasteiger partial charge in [0.2, 0.25) is 0 Å². The van der Waals surface area contributed by atoms with E-state index < -0.39 is 0 Å². The molecule has 5 nitrogen and oxygen atoms in total. The van der Waals surface area contributed by atoms with E-state index in [-0.39, 0.29) is 5.91 Å². The van der Waals surface area contributed by atoms with Gasteiger partial charge in [-0.2, -0.15) is 0 Å². The van der Waals surface area contributed by atoms with Crippen molar-refractivity contribution in [3.8, 4) is 0 Å². The molecule has 0 radical (unpaired) electrons. The van der Waals surface area contributed by atoms with Gasteiger partial charge in [0.05, 0.1) is 17.2 Å². The Hall–Kier alpha value is -2.69. The summed E-state index contributed by atoms with van der Waals surface area (Å²) in [5, 5.41) is 2.87. The first-order chi connectivity index (χ1) is 10.3. The van der Waals surface area contributed by atoms with Gasteiger partial charge in [-0.3, -0.25) is 9.78 Å². The zero-order chi connectivity index (χ0) is 14.5. The number of carbonyl (C=O) groups is 1. The number of amides is 1. The summed E-state index contributed by atoms with van der Waals surface area (Å²) < 4.78 is 2.09. The van der Waals surface area contributed by atoms with Gasteiger partial charge >= 0.3 is 0 Å². The van der Waals surface area contributed by atoms with E-state index in [1.807, 2.05) is 48.8 Å².